The summed E-state index contributed by atoms with van der Waals surface area (Å²) in [6, 6.07) is 10.3. The van der Waals surface area contributed by atoms with Crippen LogP contribution in [0.15, 0.2) is 58.7 Å². The molecule has 31 heavy (non-hydrogen) atoms. The van der Waals surface area contributed by atoms with Gasteiger partial charge in [0.15, 0.2) is 9.84 Å². The van der Waals surface area contributed by atoms with Crippen LogP contribution in [0.1, 0.15) is 5.56 Å². The predicted molar refractivity (Wildman–Crippen MR) is 113 cm³/mol. The van der Waals surface area contributed by atoms with Crippen molar-refractivity contribution >= 4 is 43.0 Å². The van der Waals surface area contributed by atoms with Gasteiger partial charge in [-0.2, -0.15) is 5.26 Å². The fraction of sp³-hybridized carbons (Fsp3) is 0.111. The zero-order chi connectivity index (χ0) is 22.6. The van der Waals surface area contributed by atoms with E-state index in [2.05, 4.69) is 30.3 Å². The summed E-state index contributed by atoms with van der Waals surface area (Å²) in [4.78, 5) is 12.0. The van der Waals surface area contributed by atoms with Crippen LogP contribution in [0.2, 0.25) is 0 Å². The van der Waals surface area contributed by atoms with Gasteiger partial charge in [-0.25, -0.2) is 36.5 Å². The van der Waals surface area contributed by atoms with E-state index >= 15 is 0 Å². The Labute approximate surface area is 179 Å². The first-order valence-electron chi connectivity index (χ1n) is 8.62. The van der Waals surface area contributed by atoms with Crippen molar-refractivity contribution in [3.8, 4) is 6.07 Å². The molecule has 0 saturated carbocycles. The van der Waals surface area contributed by atoms with Crippen LogP contribution < -0.4 is 15.4 Å². The molecule has 160 valence electrons. The van der Waals surface area contributed by atoms with E-state index in [9.17, 15) is 16.8 Å². The first-order chi connectivity index (χ1) is 14.6. The van der Waals surface area contributed by atoms with E-state index in [4.69, 9.17) is 5.26 Å². The van der Waals surface area contributed by atoms with Gasteiger partial charge in [-0.15, -0.1) is 0 Å². The molecule has 0 atom stereocenters. The van der Waals surface area contributed by atoms with Gasteiger partial charge in [0.05, 0.1) is 21.0 Å². The zero-order valence-electron chi connectivity index (χ0n) is 16.4. The van der Waals surface area contributed by atoms with Crippen LogP contribution in [0.5, 0.6) is 0 Å². The fourth-order valence-electron chi connectivity index (χ4n) is 2.51. The number of nitrogens with zero attached hydrogens (tertiary/aromatic N) is 4. The maximum absolute atomic E-state index is 12.2. The largest absolute Gasteiger partial charge is 0.339 e. The zero-order valence-corrected chi connectivity index (χ0v) is 18.0. The van der Waals surface area contributed by atoms with Crippen molar-refractivity contribution in [3.63, 3.8) is 0 Å². The summed E-state index contributed by atoms with van der Waals surface area (Å²) in [6.07, 6.45) is 3.65. The van der Waals surface area contributed by atoms with E-state index in [-0.39, 0.29) is 21.3 Å². The van der Waals surface area contributed by atoms with Crippen molar-refractivity contribution in [2.24, 2.45) is 0 Å². The van der Waals surface area contributed by atoms with Gasteiger partial charge < -0.3 is 10.6 Å². The quantitative estimate of drug-likeness (QED) is 0.471. The molecule has 3 rings (SSSR count). The van der Waals surface area contributed by atoms with Crippen molar-refractivity contribution in [3.05, 3.63) is 54.5 Å². The molecule has 0 bridgehead atoms. The molecule has 0 fully saturated rings. The number of anilines is 4. The Balaban J connectivity index is 1.95. The van der Waals surface area contributed by atoms with Gasteiger partial charge in [0.2, 0.25) is 10.0 Å². The van der Waals surface area contributed by atoms with Crippen LogP contribution >= 0.6 is 0 Å². The van der Waals surface area contributed by atoms with E-state index < -0.39 is 19.9 Å². The van der Waals surface area contributed by atoms with Gasteiger partial charge in [-0.1, -0.05) is 0 Å². The lowest BCUT2D eigenvalue weighted by Crippen LogP contribution is -2.19. The Morgan fingerprint density at radius 2 is 1.61 bits per heavy atom. The molecule has 0 radical (unpaired) electrons. The van der Waals surface area contributed by atoms with Crippen LogP contribution in [0.25, 0.3) is 0 Å². The summed E-state index contributed by atoms with van der Waals surface area (Å²) in [5.74, 6) is 0.993. The van der Waals surface area contributed by atoms with E-state index in [0.29, 0.717) is 17.2 Å². The molecular weight excluding hydrogens is 442 g/mol. The second kappa shape index (κ2) is 8.64. The summed E-state index contributed by atoms with van der Waals surface area (Å²) < 4.78 is 50.7. The first kappa shape index (κ1) is 22.1. The molecule has 2 heterocycles. The second-order valence-corrected chi connectivity index (χ2v) is 10.1. The van der Waals surface area contributed by atoms with Crippen molar-refractivity contribution < 1.29 is 16.8 Å². The highest BCUT2D eigenvalue weighted by molar-refractivity contribution is 7.91. The number of hydrogen-bond donors (Lipinski definition) is 3. The monoisotopic (exact) mass is 459 g/mol. The number of pyridine rings is 1. The van der Waals surface area contributed by atoms with Crippen LogP contribution in [-0.4, -0.2) is 45.1 Å². The lowest BCUT2D eigenvalue weighted by atomic mass is 10.3. The van der Waals surface area contributed by atoms with Crippen molar-refractivity contribution in [2.45, 2.75) is 9.79 Å². The van der Waals surface area contributed by atoms with Gasteiger partial charge in [0.1, 0.15) is 29.9 Å². The molecule has 3 aromatic rings. The molecule has 3 N–H and O–H groups in total. The molecule has 0 unspecified atom stereocenters. The topological polar surface area (TPSA) is 167 Å². The maximum atomic E-state index is 12.2. The molecule has 0 aliphatic heterocycles. The van der Waals surface area contributed by atoms with Crippen molar-refractivity contribution in [2.75, 3.05) is 23.9 Å². The molecule has 11 nitrogen and oxygen atoms in total. The maximum Gasteiger partial charge on any atom is 0.240 e. The first-order valence-corrected chi connectivity index (χ1v) is 12.0. The highest BCUT2D eigenvalue weighted by Gasteiger charge is 2.19. The molecule has 1 aromatic carbocycles. The average Bonchev–Trinajstić information content (AvgIpc) is 2.73. The SMILES string of the molecule is CNS(=O)(=O)c1ccc(S(C)(=O)=O)c(Nc2cc(Nc3ccc(C#N)cn3)ncn2)c1. The molecule has 0 aliphatic carbocycles. The Hall–Kier alpha value is -3.60. The standard InChI is InChI=1S/C18H17N7O4S2/c1-20-31(28,29)13-4-5-15(30(2,26)27)14(7-13)24-17-8-18(23-11-22-17)25-16-6-3-12(9-19)10-21-16/h3-8,10-11,20H,1-2H3,(H2,21,22,23,24,25). The third kappa shape index (κ3) is 5.31. The van der Waals surface area contributed by atoms with Gasteiger partial charge >= 0.3 is 0 Å². The van der Waals surface area contributed by atoms with Gasteiger partial charge in [0.25, 0.3) is 0 Å². The predicted octanol–water partition coefficient (Wildman–Crippen LogP) is 1.54. The minimum absolute atomic E-state index is 0.0416. The number of nitriles is 1. The van der Waals surface area contributed by atoms with E-state index in [1.807, 2.05) is 6.07 Å². The highest BCUT2D eigenvalue weighted by Crippen LogP contribution is 2.28. The number of hydrogen-bond acceptors (Lipinski definition) is 10. The molecule has 0 amide bonds. The second-order valence-electron chi connectivity index (χ2n) is 6.22. The number of benzene rings is 1. The summed E-state index contributed by atoms with van der Waals surface area (Å²) >= 11 is 0. The number of sulfonamides is 1. The molecule has 13 heteroatoms. The van der Waals surface area contributed by atoms with Gasteiger partial charge in [-0.3, -0.25) is 0 Å². The Bertz CT molecular complexity index is 1370. The Morgan fingerprint density at radius 3 is 2.19 bits per heavy atom. The number of aromatic nitrogens is 3. The highest BCUT2D eigenvalue weighted by atomic mass is 32.2. The third-order valence-corrected chi connectivity index (χ3v) is 6.58. The van der Waals surface area contributed by atoms with Gasteiger partial charge in [-0.05, 0) is 37.4 Å². The lowest BCUT2D eigenvalue weighted by molar-refractivity contribution is 0.587. The molecule has 0 spiro atoms. The third-order valence-electron chi connectivity index (χ3n) is 4.01. The molecule has 2 aromatic heterocycles. The number of nitrogens with one attached hydrogen (secondary N) is 3. The average molecular weight is 460 g/mol. The van der Waals surface area contributed by atoms with Crippen molar-refractivity contribution in [1.82, 2.24) is 19.7 Å². The van der Waals surface area contributed by atoms with Gasteiger partial charge in [0, 0.05) is 18.5 Å². The normalized spacial score (nSPS) is 11.5. The van der Waals surface area contributed by atoms with Crippen LogP contribution in [-0.2, 0) is 19.9 Å². The molecule has 0 saturated heterocycles. The Kier molecular flexibility index (Phi) is 6.16. The minimum Gasteiger partial charge on any atom is -0.339 e. The smallest absolute Gasteiger partial charge is 0.240 e. The summed E-state index contributed by atoms with van der Waals surface area (Å²) in [6.45, 7) is 0. The number of sulfone groups is 1. The van der Waals surface area contributed by atoms with Crippen LogP contribution in [0, 0.1) is 11.3 Å². The number of rotatable bonds is 7. The molecular formula is C18H17N7O4S2. The fourth-order valence-corrected chi connectivity index (χ4v) is 4.09. The molecule has 0 aliphatic rings. The Morgan fingerprint density at radius 1 is 0.903 bits per heavy atom. The van der Waals surface area contributed by atoms with E-state index in [0.717, 1.165) is 6.26 Å². The van der Waals surface area contributed by atoms with Crippen LogP contribution in [0.3, 0.4) is 0 Å². The lowest BCUT2D eigenvalue weighted by Gasteiger charge is -2.13. The van der Waals surface area contributed by atoms with E-state index in [1.165, 1.54) is 43.8 Å². The van der Waals surface area contributed by atoms with Crippen molar-refractivity contribution in [1.29, 1.82) is 5.26 Å². The summed E-state index contributed by atoms with van der Waals surface area (Å²) in [7, 11) is -6.20. The van der Waals surface area contributed by atoms with E-state index in [1.54, 1.807) is 12.1 Å². The van der Waals surface area contributed by atoms with Crippen LogP contribution in [0.4, 0.5) is 23.1 Å². The summed E-state index contributed by atoms with van der Waals surface area (Å²) in [5.41, 5.74) is 0.445. The summed E-state index contributed by atoms with van der Waals surface area (Å²) in [5, 5.41) is 14.6. The minimum atomic E-state index is -3.79.